The van der Waals surface area contributed by atoms with Crippen LogP contribution in [0.4, 0.5) is 0 Å². The van der Waals surface area contributed by atoms with E-state index >= 15 is 0 Å². The standard InChI is InChI=1S/C10H22O4/c1-8(7-9(2,3)4)5-6-14-10(11,12)13/h8,11-13H,5-7H2,1-4H3. The lowest BCUT2D eigenvalue weighted by Gasteiger charge is -2.23. The smallest absolute Gasteiger partial charge is 0.319 e. The Kier molecular flexibility index (Phi) is 5.01. The fourth-order valence-corrected chi connectivity index (χ4v) is 1.54. The summed E-state index contributed by atoms with van der Waals surface area (Å²) in [6.45, 7) is 8.67. The van der Waals surface area contributed by atoms with Gasteiger partial charge in [0.15, 0.2) is 0 Å². The maximum Gasteiger partial charge on any atom is 0.404 e. The van der Waals surface area contributed by atoms with Gasteiger partial charge in [-0.05, 0) is 24.2 Å². The normalized spacial score (nSPS) is 15.6. The quantitative estimate of drug-likeness (QED) is 0.588. The van der Waals surface area contributed by atoms with Crippen LogP contribution in [-0.2, 0) is 4.74 Å². The molecule has 0 aliphatic heterocycles. The molecule has 0 aliphatic rings. The molecule has 0 saturated heterocycles. The topological polar surface area (TPSA) is 69.9 Å². The summed E-state index contributed by atoms with van der Waals surface area (Å²) in [7, 11) is 0. The van der Waals surface area contributed by atoms with Gasteiger partial charge in [0, 0.05) is 0 Å². The highest BCUT2D eigenvalue weighted by Crippen LogP contribution is 2.25. The van der Waals surface area contributed by atoms with Crippen molar-refractivity contribution >= 4 is 0 Å². The Hall–Kier alpha value is -0.160. The maximum atomic E-state index is 8.45. The monoisotopic (exact) mass is 206 g/mol. The number of hydrogen-bond acceptors (Lipinski definition) is 4. The van der Waals surface area contributed by atoms with Crippen LogP contribution in [0.3, 0.4) is 0 Å². The molecule has 0 amide bonds. The summed E-state index contributed by atoms with van der Waals surface area (Å²) in [6.07, 6.45) is -1.26. The Balaban J connectivity index is 3.60. The maximum absolute atomic E-state index is 8.45. The fraction of sp³-hybridized carbons (Fsp3) is 1.00. The van der Waals surface area contributed by atoms with E-state index in [2.05, 4.69) is 32.4 Å². The molecule has 4 nitrogen and oxygen atoms in total. The van der Waals surface area contributed by atoms with Crippen molar-refractivity contribution < 1.29 is 20.1 Å². The van der Waals surface area contributed by atoms with E-state index in [0.717, 1.165) is 6.42 Å². The van der Waals surface area contributed by atoms with Crippen molar-refractivity contribution in [1.82, 2.24) is 0 Å². The molecule has 1 unspecified atom stereocenters. The minimum atomic E-state index is -2.98. The Morgan fingerprint density at radius 2 is 1.64 bits per heavy atom. The summed E-state index contributed by atoms with van der Waals surface area (Å²) in [5, 5.41) is 25.4. The Morgan fingerprint density at radius 3 is 2.00 bits per heavy atom. The van der Waals surface area contributed by atoms with Gasteiger partial charge in [-0.3, -0.25) is 0 Å². The second-order valence-corrected chi connectivity index (χ2v) is 5.08. The van der Waals surface area contributed by atoms with Crippen molar-refractivity contribution in [3.8, 4) is 0 Å². The zero-order valence-electron chi connectivity index (χ0n) is 9.45. The molecule has 14 heavy (non-hydrogen) atoms. The van der Waals surface area contributed by atoms with E-state index in [1.54, 1.807) is 0 Å². The number of ether oxygens (including phenoxy) is 1. The molecular formula is C10H22O4. The summed E-state index contributed by atoms with van der Waals surface area (Å²) in [4.78, 5) is 0. The van der Waals surface area contributed by atoms with Crippen LogP contribution in [0.15, 0.2) is 0 Å². The van der Waals surface area contributed by atoms with Crippen LogP contribution in [0.2, 0.25) is 0 Å². The van der Waals surface area contributed by atoms with Crippen LogP contribution in [0.1, 0.15) is 40.5 Å². The highest BCUT2D eigenvalue weighted by molar-refractivity contribution is 4.66. The largest absolute Gasteiger partial charge is 0.404 e. The molecule has 3 N–H and O–H groups in total. The number of rotatable bonds is 5. The van der Waals surface area contributed by atoms with Gasteiger partial charge < -0.3 is 20.1 Å². The molecule has 4 heteroatoms. The van der Waals surface area contributed by atoms with Gasteiger partial charge in [0.25, 0.3) is 0 Å². The first-order valence-electron chi connectivity index (χ1n) is 4.91. The third kappa shape index (κ3) is 9.92. The van der Waals surface area contributed by atoms with E-state index in [1.807, 2.05) is 0 Å². The molecule has 0 saturated carbocycles. The summed E-state index contributed by atoms with van der Waals surface area (Å²) >= 11 is 0. The van der Waals surface area contributed by atoms with Crippen molar-refractivity contribution in [2.45, 2.75) is 46.7 Å². The first kappa shape index (κ1) is 13.8. The lowest BCUT2D eigenvalue weighted by molar-refractivity contribution is -0.454. The van der Waals surface area contributed by atoms with Crippen LogP contribution in [-0.4, -0.2) is 28.1 Å². The Bertz CT molecular complexity index is 154. The third-order valence-corrected chi connectivity index (χ3v) is 1.87. The van der Waals surface area contributed by atoms with Gasteiger partial charge in [-0.2, -0.15) is 0 Å². The van der Waals surface area contributed by atoms with Crippen LogP contribution in [0.25, 0.3) is 0 Å². The molecule has 0 aliphatic carbocycles. The van der Waals surface area contributed by atoms with Crippen LogP contribution < -0.4 is 0 Å². The molecule has 0 bridgehead atoms. The molecule has 0 aromatic carbocycles. The number of hydrogen-bond donors (Lipinski definition) is 3. The summed E-state index contributed by atoms with van der Waals surface area (Å²) in [6, 6.07) is 0. The van der Waals surface area contributed by atoms with Crippen molar-refractivity contribution in [1.29, 1.82) is 0 Å². The van der Waals surface area contributed by atoms with E-state index in [0.29, 0.717) is 12.3 Å². The van der Waals surface area contributed by atoms with Gasteiger partial charge in [-0.15, -0.1) is 0 Å². The van der Waals surface area contributed by atoms with Gasteiger partial charge in [0.2, 0.25) is 0 Å². The van der Waals surface area contributed by atoms with Crippen molar-refractivity contribution in [2.24, 2.45) is 11.3 Å². The fourth-order valence-electron chi connectivity index (χ4n) is 1.54. The predicted molar refractivity (Wildman–Crippen MR) is 53.2 cm³/mol. The zero-order valence-corrected chi connectivity index (χ0v) is 9.45. The zero-order chi connectivity index (χ0) is 11.4. The Morgan fingerprint density at radius 1 is 1.14 bits per heavy atom. The second kappa shape index (κ2) is 5.07. The first-order valence-corrected chi connectivity index (χ1v) is 4.91. The molecule has 0 heterocycles. The lowest BCUT2D eigenvalue weighted by Crippen LogP contribution is -2.31. The Labute approximate surface area is 85.5 Å². The van der Waals surface area contributed by atoms with Gasteiger partial charge >= 0.3 is 6.16 Å². The van der Waals surface area contributed by atoms with E-state index in [4.69, 9.17) is 15.3 Å². The third-order valence-electron chi connectivity index (χ3n) is 1.87. The summed E-state index contributed by atoms with van der Waals surface area (Å²) < 4.78 is 4.38. The minimum Gasteiger partial charge on any atom is -0.319 e. The average Bonchev–Trinajstić information content (AvgIpc) is 1.78. The van der Waals surface area contributed by atoms with Crippen molar-refractivity contribution in [2.75, 3.05) is 6.61 Å². The first-order chi connectivity index (χ1) is 6.10. The van der Waals surface area contributed by atoms with E-state index in [9.17, 15) is 0 Å². The van der Waals surface area contributed by atoms with Gasteiger partial charge in [-0.25, -0.2) is 0 Å². The summed E-state index contributed by atoms with van der Waals surface area (Å²) in [5.74, 6) is 0.428. The molecule has 0 radical (unpaired) electrons. The molecule has 0 aromatic heterocycles. The highest BCUT2D eigenvalue weighted by Gasteiger charge is 2.20. The van der Waals surface area contributed by atoms with Crippen LogP contribution in [0, 0.1) is 11.3 Å². The molecule has 86 valence electrons. The van der Waals surface area contributed by atoms with E-state index in [-0.39, 0.29) is 12.0 Å². The lowest BCUT2D eigenvalue weighted by atomic mass is 9.84. The number of aliphatic hydroxyl groups is 3. The molecule has 0 aromatic rings. The molecule has 0 fully saturated rings. The van der Waals surface area contributed by atoms with Gasteiger partial charge in [-0.1, -0.05) is 27.7 Å². The summed E-state index contributed by atoms with van der Waals surface area (Å²) in [5.41, 5.74) is 0.258. The predicted octanol–water partition coefficient (Wildman–Crippen LogP) is 1.05. The van der Waals surface area contributed by atoms with Gasteiger partial charge in [0.05, 0.1) is 6.61 Å². The van der Waals surface area contributed by atoms with E-state index < -0.39 is 6.16 Å². The van der Waals surface area contributed by atoms with Gasteiger partial charge in [0.1, 0.15) is 0 Å². The molecule has 0 rings (SSSR count). The van der Waals surface area contributed by atoms with Crippen LogP contribution in [0.5, 0.6) is 0 Å². The SMILES string of the molecule is CC(CCOC(O)(O)O)CC(C)(C)C. The second-order valence-electron chi connectivity index (χ2n) is 5.08. The average molecular weight is 206 g/mol. The molecular weight excluding hydrogens is 184 g/mol. The van der Waals surface area contributed by atoms with Crippen molar-refractivity contribution in [3.05, 3.63) is 0 Å². The minimum absolute atomic E-state index is 0.140. The van der Waals surface area contributed by atoms with E-state index in [1.165, 1.54) is 0 Å². The van der Waals surface area contributed by atoms with Crippen LogP contribution >= 0.6 is 0 Å². The van der Waals surface area contributed by atoms with Crippen molar-refractivity contribution in [3.63, 3.8) is 0 Å². The molecule has 1 atom stereocenters. The highest BCUT2D eigenvalue weighted by atomic mass is 16.9. The molecule has 0 spiro atoms.